The van der Waals surface area contributed by atoms with Crippen LogP contribution in [0.1, 0.15) is 25.3 Å². The van der Waals surface area contributed by atoms with E-state index in [-0.39, 0.29) is 5.41 Å². The summed E-state index contributed by atoms with van der Waals surface area (Å²) >= 11 is 12.4. The van der Waals surface area contributed by atoms with Crippen LogP contribution in [0.4, 0.5) is 0 Å². The maximum Gasteiger partial charge on any atom is 0.0459 e. The highest BCUT2D eigenvalue weighted by atomic mass is 35.5. The molecule has 1 aliphatic rings. The fourth-order valence-electron chi connectivity index (χ4n) is 2.75. The first-order valence-corrected chi connectivity index (χ1v) is 5.99. The summed E-state index contributed by atoms with van der Waals surface area (Å²) in [5.74, 6) is 0.723. The minimum absolute atomic E-state index is 0.0227. The van der Waals surface area contributed by atoms with Gasteiger partial charge in [-0.15, -0.1) is 0 Å². The molecule has 0 spiro atoms. The number of hydrogen-bond donors (Lipinski definition) is 1. The topological polar surface area (TPSA) is 26.0 Å². The Balaban J connectivity index is 2.44. The smallest absolute Gasteiger partial charge is 0.0459 e. The van der Waals surface area contributed by atoms with Gasteiger partial charge in [-0.3, -0.25) is 0 Å². The van der Waals surface area contributed by atoms with Gasteiger partial charge in [-0.05, 0) is 36.5 Å². The van der Waals surface area contributed by atoms with E-state index >= 15 is 0 Å². The van der Waals surface area contributed by atoms with Crippen molar-refractivity contribution in [2.75, 3.05) is 6.54 Å². The van der Waals surface area contributed by atoms with Crippen molar-refractivity contribution in [2.24, 2.45) is 11.7 Å². The van der Waals surface area contributed by atoms with Gasteiger partial charge < -0.3 is 5.73 Å². The lowest BCUT2D eigenvalue weighted by Crippen LogP contribution is -2.46. The predicted octanol–water partition coefficient (Wildman–Crippen LogP) is 3.62. The van der Waals surface area contributed by atoms with Crippen LogP contribution in [0.25, 0.3) is 0 Å². The van der Waals surface area contributed by atoms with Crippen LogP contribution in [0, 0.1) is 5.92 Å². The van der Waals surface area contributed by atoms with Crippen molar-refractivity contribution in [1.82, 2.24) is 0 Å². The van der Waals surface area contributed by atoms with Crippen LogP contribution in [-0.2, 0) is 5.41 Å². The first-order chi connectivity index (χ1) is 7.09. The van der Waals surface area contributed by atoms with Gasteiger partial charge >= 0.3 is 0 Å². The van der Waals surface area contributed by atoms with Crippen LogP contribution in [0.5, 0.6) is 0 Å². The molecule has 0 amide bonds. The standard InChI is InChI=1S/C12H15Cl2N/c1-8-5-12(6-8,7-15)11-9(13)3-2-4-10(11)14/h2-4,8H,5-7,15H2,1H3. The molecule has 0 heterocycles. The second-order valence-electron chi connectivity index (χ2n) is 4.59. The van der Waals surface area contributed by atoms with Gasteiger partial charge in [-0.2, -0.15) is 0 Å². The highest BCUT2D eigenvalue weighted by Gasteiger charge is 2.44. The molecule has 1 nitrogen and oxygen atoms in total. The first kappa shape index (κ1) is 11.3. The third-order valence-electron chi connectivity index (χ3n) is 3.36. The summed E-state index contributed by atoms with van der Waals surface area (Å²) in [6, 6.07) is 5.66. The van der Waals surface area contributed by atoms with E-state index in [0.717, 1.165) is 34.4 Å². The summed E-state index contributed by atoms with van der Waals surface area (Å²) in [7, 11) is 0. The second-order valence-corrected chi connectivity index (χ2v) is 5.41. The SMILES string of the molecule is CC1CC(CN)(c2c(Cl)cccc2Cl)C1. The van der Waals surface area contributed by atoms with Crippen LogP contribution in [0.3, 0.4) is 0 Å². The third kappa shape index (κ3) is 1.77. The van der Waals surface area contributed by atoms with Crippen molar-refractivity contribution >= 4 is 23.2 Å². The lowest BCUT2D eigenvalue weighted by molar-refractivity contribution is 0.165. The van der Waals surface area contributed by atoms with Gasteiger partial charge in [0.15, 0.2) is 0 Å². The van der Waals surface area contributed by atoms with E-state index in [1.807, 2.05) is 18.2 Å². The van der Waals surface area contributed by atoms with E-state index in [2.05, 4.69) is 6.92 Å². The average molecular weight is 244 g/mol. The summed E-state index contributed by atoms with van der Waals surface area (Å²) in [4.78, 5) is 0. The molecular weight excluding hydrogens is 229 g/mol. The molecule has 15 heavy (non-hydrogen) atoms. The molecule has 1 saturated carbocycles. The Morgan fingerprint density at radius 2 is 1.87 bits per heavy atom. The van der Waals surface area contributed by atoms with E-state index < -0.39 is 0 Å². The van der Waals surface area contributed by atoms with Crippen molar-refractivity contribution in [3.8, 4) is 0 Å². The summed E-state index contributed by atoms with van der Waals surface area (Å²) in [5, 5.41) is 1.50. The summed E-state index contributed by atoms with van der Waals surface area (Å²) in [6.07, 6.45) is 2.18. The van der Waals surface area contributed by atoms with Crippen LogP contribution in [0.2, 0.25) is 10.0 Å². The second kappa shape index (κ2) is 3.97. The lowest BCUT2D eigenvalue weighted by atomic mass is 9.59. The molecule has 1 aliphatic carbocycles. The first-order valence-electron chi connectivity index (χ1n) is 5.23. The summed E-state index contributed by atoms with van der Waals surface area (Å²) in [5.41, 5.74) is 6.96. The molecule has 1 aromatic rings. The molecule has 82 valence electrons. The van der Waals surface area contributed by atoms with Gasteiger partial charge in [0.05, 0.1) is 0 Å². The normalized spacial score (nSPS) is 30.0. The monoisotopic (exact) mass is 243 g/mol. The molecule has 0 radical (unpaired) electrons. The van der Waals surface area contributed by atoms with Gasteiger partial charge in [0.25, 0.3) is 0 Å². The van der Waals surface area contributed by atoms with Crippen molar-refractivity contribution in [3.05, 3.63) is 33.8 Å². The molecule has 3 heteroatoms. The number of benzene rings is 1. The van der Waals surface area contributed by atoms with E-state index in [1.165, 1.54) is 0 Å². The molecule has 2 rings (SSSR count). The van der Waals surface area contributed by atoms with Crippen molar-refractivity contribution < 1.29 is 0 Å². The number of rotatable bonds is 2. The molecule has 0 saturated heterocycles. The Hall–Kier alpha value is -0.240. The molecule has 0 aromatic heterocycles. The largest absolute Gasteiger partial charge is 0.330 e. The lowest BCUT2D eigenvalue weighted by Gasteiger charge is -2.47. The van der Waals surface area contributed by atoms with Crippen LogP contribution < -0.4 is 5.73 Å². The number of halogens is 2. The zero-order chi connectivity index (χ0) is 11.1. The van der Waals surface area contributed by atoms with E-state index in [0.29, 0.717) is 6.54 Å². The van der Waals surface area contributed by atoms with Crippen LogP contribution in [0.15, 0.2) is 18.2 Å². The minimum Gasteiger partial charge on any atom is -0.330 e. The maximum absolute atomic E-state index is 6.21. The van der Waals surface area contributed by atoms with Gasteiger partial charge in [-0.1, -0.05) is 36.2 Å². The van der Waals surface area contributed by atoms with E-state index in [4.69, 9.17) is 28.9 Å². The number of hydrogen-bond acceptors (Lipinski definition) is 1. The van der Waals surface area contributed by atoms with E-state index in [9.17, 15) is 0 Å². The summed E-state index contributed by atoms with van der Waals surface area (Å²) in [6.45, 7) is 2.86. The molecular formula is C12H15Cl2N. The molecule has 1 aromatic carbocycles. The maximum atomic E-state index is 6.21. The third-order valence-corrected chi connectivity index (χ3v) is 3.99. The molecule has 2 N–H and O–H groups in total. The molecule has 0 atom stereocenters. The Morgan fingerprint density at radius 1 is 1.33 bits per heavy atom. The highest BCUT2D eigenvalue weighted by molar-refractivity contribution is 6.36. The Kier molecular flexibility index (Phi) is 2.98. The van der Waals surface area contributed by atoms with Gasteiger partial charge in [0.2, 0.25) is 0 Å². The summed E-state index contributed by atoms with van der Waals surface area (Å²) < 4.78 is 0. The molecule has 1 fully saturated rings. The van der Waals surface area contributed by atoms with Gasteiger partial charge in [-0.25, -0.2) is 0 Å². The average Bonchev–Trinajstić information content (AvgIpc) is 2.14. The van der Waals surface area contributed by atoms with Crippen molar-refractivity contribution in [2.45, 2.75) is 25.2 Å². The molecule has 0 aliphatic heterocycles. The quantitative estimate of drug-likeness (QED) is 0.844. The van der Waals surface area contributed by atoms with Gasteiger partial charge in [0, 0.05) is 22.0 Å². The Morgan fingerprint density at radius 3 is 2.27 bits per heavy atom. The zero-order valence-corrected chi connectivity index (χ0v) is 10.3. The van der Waals surface area contributed by atoms with Crippen LogP contribution >= 0.6 is 23.2 Å². The fourth-order valence-corrected chi connectivity index (χ4v) is 3.55. The van der Waals surface area contributed by atoms with Crippen LogP contribution in [-0.4, -0.2) is 6.54 Å². The van der Waals surface area contributed by atoms with E-state index in [1.54, 1.807) is 0 Å². The predicted molar refractivity (Wildman–Crippen MR) is 65.6 cm³/mol. The van der Waals surface area contributed by atoms with Crippen molar-refractivity contribution in [3.63, 3.8) is 0 Å². The Labute approximate surface area is 101 Å². The van der Waals surface area contributed by atoms with Crippen molar-refractivity contribution in [1.29, 1.82) is 0 Å². The fraction of sp³-hybridized carbons (Fsp3) is 0.500. The highest BCUT2D eigenvalue weighted by Crippen LogP contribution is 2.50. The molecule has 0 bridgehead atoms. The molecule has 0 unspecified atom stereocenters. The number of nitrogens with two attached hydrogens (primary N) is 1. The van der Waals surface area contributed by atoms with Gasteiger partial charge in [0.1, 0.15) is 0 Å². The zero-order valence-electron chi connectivity index (χ0n) is 8.76. The minimum atomic E-state index is 0.0227. The Bertz CT molecular complexity index is 350.